The summed E-state index contributed by atoms with van der Waals surface area (Å²) in [7, 11) is -2.87. The van der Waals surface area contributed by atoms with Gasteiger partial charge in [-0.15, -0.1) is 0 Å². The molecule has 1 saturated carbocycles. The molecule has 2 N–H and O–H groups in total. The first-order valence-electron chi connectivity index (χ1n) is 12.7. The van der Waals surface area contributed by atoms with Gasteiger partial charge in [-0.3, -0.25) is 9.78 Å². The Hall–Kier alpha value is -2.97. The molecule has 36 heavy (non-hydrogen) atoms. The molecule has 1 aliphatic carbocycles. The number of ether oxygens (including phenoxy) is 1. The highest BCUT2D eigenvalue weighted by atomic mass is 32.2. The van der Waals surface area contributed by atoms with Crippen LogP contribution in [0.25, 0.3) is 10.9 Å². The number of anilines is 1. The highest BCUT2D eigenvalue weighted by molar-refractivity contribution is 7.91. The van der Waals surface area contributed by atoms with Gasteiger partial charge in [0, 0.05) is 34.9 Å². The minimum atomic E-state index is -2.87. The second-order valence-electron chi connectivity index (χ2n) is 10.1. The molecule has 7 nitrogen and oxygen atoms in total. The van der Waals surface area contributed by atoms with E-state index in [9.17, 15) is 13.2 Å². The van der Waals surface area contributed by atoms with Gasteiger partial charge in [-0.1, -0.05) is 6.07 Å². The fourth-order valence-corrected chi connectivity index (χ4v) is 6.13. The number of fused-ring (bicyclic) bond motifs is 1. The van der Waals surface area contributed by atoms with Crippen LogP contribution < -0.4 is 15.4 Å². The zero-order chi connectivity index (χ0) is 25.3. The highest BCUT2D eigenvalue weighted by Gasteiger charge is 2.25. The van der Waals surface area contributed by atoms with E-state index in [2.05, 4.69) is 23.6 Å². The summed E-state index contributed by atoms with van der Waals surface area (Å²) in [5.41, 5.74) is 4.12. The molecule has 0 radical (unpaired) electrons. The third-order valence-electron chi connectivity index (χ3n) is 7.21. The normalized spacial score (nSPS) is 18.6. The summed E-state index contributed by atoms with van der Waals surface area (Å²) in [4.78, 5) is 17.6. The zero-order valence-corrected chi connectivity index (χ0v) is 21.6. The van der Waals surface area contributed by atoms with Crippen molar-refractivity contribution in [3.8, 4) is 5.75 Å². The zero-order valence-electron chi connectivity index (χ0n) is 20.8. The second-order valence-corrected chi connectivity index (χ2v) is 12.4. The average Bonchev–Trinajstić information content (AvgIpc) is 3.70. The maximum absolute atomic E-state index is 12.8. The van der Waals surface area contributed by atoms with Crippen LogP contribution >= 0.6 is 0 Å². The van der Waals surface area contributed by atoms with Gasteiger partial charge in [0.15, 0.2) is 0 Å². The first-order chi connectivity index (χ1) is 17.3. The number of aryl methyl sites for hydroxylation is 1. The SMILES string of the molecule is Cc1c(NC(=O)c2ccc(OCC3CC3)cc2)ccc2cc(C(C)NC3CCS(=O)(=O)CC3)cnc12. The van der Waals surface area contributed by atoms with Crippen LogP contribution in [0.15, 0.2) is 48.7 Å². The van der Waals surface area contributed by atoms with E-state index in [1.54, 1.807) is 12.1 Å². The van der Waals surface area contributed by atoms with Gasteiger partial charge < -0.3 is 15.4 Å². The number of pyridine rings is 1. The second kappa shape index (κ2) is 10.2. The summed E-state index contributed by atoms with van der Waals surface area (Å²) >= 11 is 0. The first-order valence-corrected chi connectivity index (χ1v) is 14.5. The van der Waals surface area contributed by atoms with Gasteiger partial charge in [0.05, 0.1) is 23.6 Å². The summed E-state index contributed by atoms with van der Waals surface area (Å²) in [6.45, 7) is 4.79. The number of carbonyl (C=O) groups is 1. The Morgan fingerprint density at radius 1 is 1.08 bits per heavy atom. The molecule has 5 rings (SSSR count). The predicted molar refractivity (Wildman–Crippen MR) is 142 cm³/mol. The van der Waals surface area contributed by atoms with Crippen molar-refractivity contribution >= 4 is 32.3 Å². The minimum Gasteiger partial charge on any atom is -0.493 e. The van der Waals surface area contributed by atoms with E-state index in [1.165, 1.54) is 12.8 Å². The van der Waals surface area contributed by atoms with Crippen molar-refractivity contribution in [2.45, 2.75) is 51.6 Å². The molecule has 1 saturated heterocycles. The van der Waals surface area contributed by atoms with E-state index < -0.39 is 9.84 Å². The monoisotopic (exact) mass is 507 g/mol. The van der Waals surface area contributed by atoms with Crippen LogP contribution in [0, 0.1) is 12.8 Å². The number of amides is 1. The summed E-state index contributed by atoms with van der Waals surface area (Å²) in [6.07, 6.45) is 5.63. The number of rotatable bonds is 8. The van der Waals surface area contributed by atoms with Gasteiger partial charge >= 0.3 is 0 Å². The highest BCUT2D eigenvalue weighted by Crippen LogP contribution is 2.30. The Kier molecular flexibility index (Phi) is 6.99. The van der Waals surface area contributed by atoms with Crippen molar-refractivity contribution < 1.29 is 17.9 Å². The molecule has 1 aliphatic heterocycles. The van der Waals surface area contributed by atoms with Crippen LogP contribution in [-0.4, -0.2) is 43.5 Å². The van der Waals surface area contributed by atoms with Crippen molar-refractivity contribution in [1.29, 1.82) is 0 Å². The predicted octanol–water partition coefficient (Wildman–Crippen LogP) is 4.81. The molecule has 2 aliphatic rings. The van der Waals surface area contributed by atoms with Gasteiger partial charge in [0.2, 0.25) is 0 Å². The maximum atomic E-state index is 12.8. The van der Waals surface area contributed by atoms with E-state index in [1.807, 2.05) is 37.4 Å². The van der Waals surface area contributed by atoms with E-state index >= 15 is 0 Å². The Balaban J connectivity index is 1.24. The quantitative estimate of drug-likeness (QED) is 0.454. The number of benzene rings is 2. The number of aromatic nitrogens is 1. The van der Waals surface area contributed by atoms with Crippen LogP contribution in [0.5, 0.6) is 5.75 Å². The number of carbonyl (C=O) groups excluding carboxylic acids is 1. The summed E-state index contributed by atoms with van der Waals surface area (Å²) in [5, 5.41) is 7.57. The molecule has 1 amide bonds. The van der Waals surface area contributed by atoms with Crippen LogP contribution in [0.1, 0.15) is 60.1 Å². The van der Waals surface area contributed by atoms with Crippen molar-refractivity contribution in [1.82, 2.24) is 10.3 Å². The van der Waals surface area contributed by atoms with Gasteiger partial charge in [0.25, 0.3) is 5.91 Å². The molecular weight excluding hydrogens is 474 g/mol. The lowest BCUT2D eigenvalue weighted by molar-refractivity contribution is 0.102. The molecule has 190 valence electrons. The van der Waals surface area contributed by atoms with Crippen LogP contribution in [0.4, 0.5) is 5.69 Å². The molecule has 2 aromatic carbocycles. The lowest BCUT2D eigenvalue weighted by Gasteiger charge is -2.27. The van der Waals surface area contributed by atoms with Gasteiger partial charge in [-0.2, -0.15) is 0 Å². The number of hydrogen-bond acceptors (Lipinski definition) is 6. The summed E-state index contributed by atoms with van der Waals surface area (Å²) in [5.74, 6) is 1.80. The topological polar surface area (TPSA) is 97.4 Å². The molecule has 2 heterocycles. The van der Waals surface area contributed by atoms with Crippen molar-refractivity contribution in [2.24, 2.45) is 5.92 Å². The molecule has 0 bridgehead atoms. The van der Waals surface area contributed by atoms with Crippen LogP contribution in [0.2, 0.25) is 0 Å². The van der Waals surface area contributed by atoms with Gasteiger partial charge in [-0.05, 0) is 93.0 Å². The summed E-state index contributed by atoms with van der Waals surface area (Å²) < 4.78 is 29.2. The largest absolute Gasteiger partial charge is 0.493 e. The lowest BCUT2D eigenvalue weighted by Crippen LogP contribution is -2.38. The lowest BCUT2D eigenvalue weighted by atomic mass is 10.0. The van der Waals surface area contributed by atoms with Crippen molar-refractivity contribution in [3.05, 3.63) is 65.4 Å². The van der Waals surface area contributed by atoms with Gasteiger partial charge in [0.1, 0.15) is 15.6 Å². The van der Waals surface area contributed by atoms with E-state index in [-0.39, 0.29) is 29.5 Å². The molecule has 8 heteroatoms. The van der Waals surface area contributed by atoms with Crippen molar-refractivity contribution in [2.75, 3.05) is 23.4 Å². The maximum Gasteiger partial charge on any atom is 0.255 e. The third kappa shape index (κ3) is 5.87. The van der Waals surface area contributed by atoms with E-state index in [0.717, 1.165) is 40.1 Å². The standard InChI is InChI=1S/C28H33N3O4S/c1-18-26(31-28(32)21-5-8-25(9-6-21)35-17-20-3-4-20)10-7-22-15-23(16-29-27(18)22)19(2)30-24-11-13-36(33,34)14-12-24/h5-10,15-16,19-20,24,30H,3-4,11-14,17H2,1-2H3,(H,31,32). The first kappa shape index (κ1) is 24.7. The fraction of sp³-hybridized carbons (Fsp3) is 0.429. The third-order valence-corrected chi connectivity index (χ3v) is 8.93. The summed E-state index contributed by atoms with van der Waals surface area (Å²) in [6, 6.07) is 13.5. The number of nitrogens with one attached hydrogen (secondary N) is 2. The fourth-order valence-electron chi connectivity index (χ4n) is 4.64. The Morgan fingerprint density at radius 2 is 1.81 bits per heavy atom. The smallest absolute Gasteiger partial charge is 0.255 e. The molecule has 1 aromatic heterocycles. The molecule has 3 aromatic rings. The Labute approximate surface area is 212 Å². The molecular formula is C28H33N3O4S. The number of hydrogen-bond donors (Lipinski definition) is 2. The number of sulfone groups is 1. The molecule has 1 unspecified atom stereocenters. The van der Waals surface area contributed by atoms with Crippen molar-refractivity contribution in [3.63, 3.8) is 0 Å². The van der Waals surface area contributed by atoms with E-state index in [0.29, 0.717) is 24.3 Å². The Bertz CT molecular complexity index is 1350. The van der Waals surface area contributed by atoms with Gasteiger partial charge in [-0.25, -0.2) is 8.42 Å². The minimum absolute atomic E-state index is 0.0589. The van der Waals surface area contributed by atoms with E-state index in [4.69, 9.17) is 9.72 Å². The molecule has 1 atom stereocenters. The Morgan fingerprint density at radius 3 is 2.50 bits per heavy atom. The van der Waals surface area contributed by atoms with Crippen LogP contribution in [-0.2, 0) is 9.84 Å². The molecule has 0 spiro atoms. The molecule has 2 fully saturated rings. The number of nitrogens with zero attached hydrogens (tertiary/aromatic N) is 1. The van der Waals surface area contributed by atoms with Crippen LogP contribution in [0.3, 0.4) is 0 Å². The average molecular weight is 508 g/mol.